The number of rotatable bonds is 6. The van der Waals surface area contributed by atoms with Crippen LogP contribution in [-0.2, 0) is 6.42 Å². The van der Waals surface area contributed by atoms with Gasteiger partial charge in [-0.25, -0.2) is 0 Å². The Bertz CT molecular complexity index is 412. The molecule has 0 fully saturated rings. The van der Waals surface area contributed by atoms with E-state index in [0.717, 1.165) is 18.7 Å². The Morgan fingerprint density at radius 1 is 1.37 bits per heavy atom. The van der Waals surface area contributed by atoms with Crippen LogP contribution in [0.15, 0.2) is 24.9 Å². The van der Waals surface area contributed by atoms with Gasteiger partial charge < -0.3 is 5.32 Å². The molecule has 19 heavy (non-hydrogen) atoms. The summed E-state index contributed by atoms with van der Waals surface area (Å²) in [5, 5.41) is 8.19. The first-order chi connectivity index (χ1) is 8.65. The maximum Gasteiger partial charge on any atom is 0.0633 e. The Hall–Kier alpha value is -1.09. The average molecular weight is 263 g/mol. The molecule has 0 aliphatic carbocycles. The first-order valence-electron chi connectivity index (χ1n) is 7.08. The predicted molar refractivity (Wildman–Crippen MR) is 82.4 cm³/mol. The van der Waals surface area contributed by atoms with Gasteiger partial charge in [-0.15, -0.1) is 6.58 Å². The van der Waals surface area contributed by atoms with Crippen LogP contribution in [0.4, 0.5) is 0 Å². The van der Waals surface area contributed by atoms with Crippen molar-refractivity contribution in [3.8, 4) is 0 Å². The molecule has 3 heteroatoms. The van der Waals surface area contributed by atoms with E-state index in [2.05, 4.69) is 70.8 Å². The monoisotopic (exact) mass is 263 g/mol. The maximum atomic E-state index is 4.63. The topological polar surface area (TPSA) is 29.9 Å². The van der Waals surface area contributed by atoms with Crippen molar-refractivity contribution in [2.24, 2.45) is 5.41 Å². The third kappa shape index (κ3) is 5.19. The van der Waals surface area contributed by atoms with Crippen LogP contribution in [0.2, 0.25) is 0 Å². The van der Waals surface area contributed by atoms with Crippen molar-refractivity contribution in [2.45, 2.75) is 59.5 Å². The minimum Gasteiger partial charge on any atom is -0.311 e. The molecular formula is C16H29N3. The standard InChI is InChI=1S/C16H29N3/c1-8-16(7,12-17-15(4,5)6)11-14-9-10-19(18-14)13(2)3/h8-10,13,17H,1,11-12H2,2-7H3. The van der Waals surface area contributed by atoms with Gasteiger partial charge >= 0.3 is 0 Å². The molecule has 0 amide bonds. The summed E-state index contributed by atoms with van der Waals surface area (Å²) in [7, 11) is 0. The van der Waals surface area contributed by atoms with Crippen LogP contribution in [0, 0.1) is 5.41 Å². The molecule has 0 saturated carbocycles. The third-order valence-electron chi connectivity index (χ3n) is 3.29. The molecule has 1 aromatic heterocycles. The minimum absolute atomic E-state index is 0.0312. The van der Waals surface area contributed by atoms with Gasteiger partial charge in [0.2, 0.25) is 0 Å². The molecule has 0 radical (unpaired) electrons. The van der Waals surface area contributed by atoms with E-state index in [-0.39, 0.29) is 11.0 Å². The van der Waals surface area contributed by atoms with Gasteiger partial charge in [-0.05, 0) is 40.7 Å². The van der Waals surface area contributed by atoms with Crippen molar-refractivity contribution >= 4 is 0 Å². The van der Waals surface area contributed by atoms with Crippen LogP contribution < -0.4 is 5.32 Å². The SMILES string of the molecule is C=CC(C)(CNC(C)(C)C)Cc1ccn(C(C)C)n1. The molecule has 1 rings (SSSR count). The molecule has 3 nitrogen and oxygen atoms in total. The van der Waals surface area contributed by atoms with E-state index in [1.54, 1.807) is 0 Å². The highest BCUT2D eigenvalue weighted by Gasteiger charge is 2.24. The summed E-state index contributed by atoms with van der Waals surface area (Å²) in [4.78, 5) is 0. The summed E-state index contributed by atoms with van der Waals surface area (Å²) in [5.74, 6) is 0. The summed E-state index contributed by atoms with van der Waals surface area (Å²) in [6.07, 6.45) is 5.01. The van der Waals surface area contributed by atoms with Gasteiger partial charge in [0.15, 0.2) is 0 Å². The fraction of sp³-hybridized carbons (Fsp3) is 0.688. The molecule has 1 atom stereocenters. The van der Waals surface area contributed by atoms with Crippen LogP contribution in [0.1, 0.15) is 53.3 Å². The van der Waals surface area contributed by atoms with Gasteiger partial charge in [0.05, 0.1) is 5.69 Å². The maximum absolute atomic E-state index is 4.63. The van der Waals surface area contributed by atoms with Crippen molar-refractivity contribution in [3.63, 3.8) is 0 Å². The van der Waals surface area contributed by atoms with Crippen LogP contribution in [0.25, 0.3) is 0 Å². The normalized spacial score (nSPS) is 15.5. The van der Waals surface area contributed by atoms with E-state index in [1.807, 2.05) is 10.8 Å². The molecule has 1 N–H and O–H groups in total. The second kappa shape index (κ2) is 5.91. The number of nitrogens with one attached hydrogen (secondary N) is 1. The van der Waals surface area contributed by atoms with E-state index in [9.17, 15) is 0 Å². The van der Waals surface area contributed by atoms with Crippen LogP contribution in [-0.4, -0.2) is 21.9 Å². The summed E-state index contributed by atoms with van der Waals surface area (Å²) < 4.78 is 2.01. The Labute approximate surface area is 118 Å². The molecule has 0 aliphatic heterocycles. The third-order valence-corrected chi connectivity index (χ3v) is 3.29. The Balaban J connectivity index is 2.71. The van der Waals surface area contributed by atoms with Gasteiger partial charge in [0.25, 0.3) is 0 Å². The summed E-state index contributed by atoms with van der Waals surface area (Å²) in [6, 6.07) is 2.52. The molecule has 0 saturated heterocycles. The fourth-order valence-electron chi connectivity index (χ4n) is 1.85. The van der Waals surface area contributed by atoms with Crippen molar-refractivity contribution in [1.29, 1.82) is 0 Å². The molecule has 1 unspecified atom stereocenters. The van der Waals surface area contributed by atoms with E-state index in [1.165, 1.54) is 0 Å². The Kier molecular flexibility index (Phi) is 4.97. The van der Waals surface area contributed by atoms with Crippen molar-refractivity contribution in [1.82, 2.24) is 15.1 Å². The van der Waals surface area contributed by atoms with Gasteiger partial charge in [-0.1, -0.05) is 13.0 Å². The molecule has 1 heterocycles. The highest BCUT2D eigenvalue weighted by molar-refractivity contribution is 5.08. The summed E-state index contributed by atoms with van der Waals surface area (Å²) in [5.41, 5.74) is 1.29. The zero-order valence-corrected chi connectivity index (χ0v) is 13.3. The van der Waals surface area contributed by atoms with Crippen molar-refractivity contribution in [2.75, 3.05) is 6.54 Å². The molecule has 0 aromatic carbocycles. The quantitative estimate of drug-likeness (QED) is 0.795. The molecule has 1 aromatic rings. The first kappa shape index (κ1) is 16.0. The van der Waals surface area contributed by atoms with E-state index in [4.69, 9.17) is 0 Å². The van der Waals surface area contributed by atoms with Crippen molar-refractivity contribution in [3.05, 3.63) is 30.6 Å². The summed E-state index contributed by atoms with van der Waals surface area (Å²) >= 11 is 0. The van der Waals surface area contributed by atoms with E-state index < -0.39 is 0 Å². The lowest BCUT2D eigenvalue weighted by atomic mass is 9.84. The number of aromatic nitrogens is 2. The highest BCUT2D eigenvalue weighted by Crippen LogP contribution is 2.23. The largest absolute Gasteiger partial charge is 0.311 e. The number of nitrogens with zero attached hydrogens (tertiary/aromatic N) is 2. The molecule has 108 valence electrons. The molecular weight excluding hydrogens is 234 g/mol. The smallest absolute Gasteiger partial charge is 0.0633 e. The van der Waals surface area contributed by atoms with Crippen LogP contribution >= 0.6 is 0 Å². The Morgan fingerprint density at radius 3 is 2.42 bits per heavy atom. The average Bonchev–Trinajstić information content (AvgIpc) is 2.74. The van der Waals surface area contributed by atoms with Crippen LogP contribution in [0.5, 0.6) is 0 Å². The zero-order valence-electron chi connectivity index (χ0n) is 13.3. The predicted octanol–water partition coefficient (Wildman–Crippen LogP) is 3.59. The lowest BCUT2D eigenvalue weighted by Crippen LogP contribution is -2.43. The lowest BCUT2D eigenvalue weighted by Gasteiger charge is -2.30. The van der Waals surface area contributed by atoms with Crippen molar-refractivity contribution < 1.29 is 0 Å². The second-order valence-corrected chi connectivity index (χ2v) is 7.02. The van der Waals surface area contributed by atoms with Crippen LogP contribution in [0.3, 0.4) is 0 Å². The molecule has 0 bridgehead atoms. The molecule has 0 aliphatic rings. The van der Waals surface area contributed by atoms with Gasteiger partial charge in [0.1, 0.15) is 0 Å². The number of hydrogen-bond acceptors (Lipinski definition) is 2. The van der Waals surface area contributed by atoms with E-state index >= 15 is 0 Å². The molecule has 0 spiro atoms. The summed E-state index contributed by atoms with van der Waals surface area (Å²) in [6.45, 7) is 18.0. The fourth-order valence-corrected chi connectivity index (χ4v) is 1.85. The van der Waals surface area contributed by atoms with Gasteiger partial charge in [0, 0.05) is 36.2 Å². The zero-order chi connectivity index (χ0) is 14.7. The Morgan fingerprint density at radius 2 is 2.00 bits per heavy atom. The number of hydrogen-bond donors (Lipinski definition) is 1. The highest BCUT2D eigenvalue weighted by atomic mass is 15.3. The lowest BCUT2D eigenvalue weighted by molar-refractivity contribution is 0.319. The second-order valence-electron chi connectivity index (χ2n) is 7.02. The van der Waals surface area contributed by atoms with Gasteiger partial charge in [-0.2, -0.15) is 5.10 Å². The van der Waals surface area contributed by atoms with E-state index in [0.29, 0.717) is 6.04 Å². The first-order valence-corrected chi connectivity index (χ1v) is 7.08. The minimum atomic E-state index is 0.0312. The van der Waals surface area contributed by atoms with Gasteiger partial charge in [-0.3, -0.25) is 4.68 Å².